The Morgan fingerprint density at radius 2 is 0.800 bits per heavy atom. The van der Waals surface area contributed by atoms with Crippen LogP contribution >= 0.6 is 7.92 Å². The van der Waals surface area contributed by atoms with E-state index in [1.54, 1.807) is 4.97 Å². The van der Waals surface area contributed by atoms with Gasteiger partial charge >= 0.3 is 26.2 Å². The molecule has 0 heterocycles. The molecule has 0 aliphatic rings. The number of hydrogen-bond donors (Lipinski definition) is 0. The van der Waals surface area contributed by atoms with Crippen LogP contribution in [-0.4, -0.2) is 16.0 Å². The summed E-state index contributed by atoms with van der Waals surface area (Å²) in [4.78, 5) is 1.62. The molecule has 0 aromatic heterocycles. The minimum absolute atomic E-state index is 0. The third kappa shape index (κ3) is 8.17. The zero-order valence-electron chi connectivity index (χ0n) is 14.3. The fourth-order valence-electron chi connectivity index (χ4n) is 2.18. The van der Waals surface area contributed by atoms with E-state index in [1.807, 2.05) is 0 Å². The van der Waals surface area contributed by atoms with Gasteiger partial charge in [0, 0.05) is 22.4 Å². The van der Waals surface area contributed by atoms with E-state index in [4.69, 9.17) is 5.26 Å². The third-order valence-electron chi connectivity index (χ3n) is 3.04. The van der Waals surface area contributed by atoms with Crippen molar-refractivity contribution < 1.29 is 22.4 Å². The van der Waals surface area contributed by atoms with Gasteiger partial charge in [0.2, 0.25) is 0 Å². The molecule has 0 N–H and O–H groups in total. The molecule has 2 radical (unpaired) electrons. The Balaban J connectivity index is 0. The average Bonchev–Trinajstić information content (AvgIpc) is 2.59. The molecule has 4 heteroatoms. The second-order valence-electron chi connectivity index (χ2n) is 4.43. The van der Waals surface area contributed by atoms with Crippen molar-refractivity contribution in [2.75, 3.05) is 0 Å². The van der Waals surface area contributed by atoms with E-state index in [9.17, 15) is 0 Å². The molecule has 25 heavy (non-hydrogen) atoms. The van der Waals surface area contributed by atoms with Crippen LogP contribution in [0.15, 0.2) is 91.0 Å². The summed E-state index contributed by atoms with van der Waals surface area (Å²) in [7, 11) is -0.446. The van der Waals surface area contributed by atoms with Crippen molar-refractivity contribution >= 4 is 39.8 Å². The monoisotopic (exact) mass is 595 g/mol. The van der Waals surface area contributed by atoms with E-state index in [-0.39, 0.29) is 37.2 Å². The molecule has 3 aromatic rings. The van der Waals surface area contributed by atoms with Gasteiger partial charge in [0.05, 0.1) is 0 Å². The van der Waals surface area contributed by atoms with Gasteiger partial charge in [-0.15, -0.1) is 0 Å². The molecular formula is C21H21AuNPSe-2. The molecule has 1 nitrogen and oxygen atoms in total. The van der Waals surface area contributed by atoms with Crippen molar-refractivity contribution in [2.24, 2.45) is 0 Å². The summed E-state index contributed by atoms with van der Waals surface area (Å²) in [6.45, 7) is 0. The molecule has 0 aliphatic carbocycles. The van der Waals surface area contributed by atoms with Gasteiger partial charge in [0.15, 0.2) is 0 Å². The zero-order chi connectivity index (χ0) is 15.6. The largest absolute Gasteiger partial charge is 0.358 e. The van der Waals surface area contributed by atoms with Gasteiger partial charge in [-0.2, -0.15) is 0 Å². The summed E-state index contributed by atoms with van der Waals surface area (Å²) < 4.78 is 0. The molecule has 0 saturated carbocycles. The Morgan fingerprint density at radius 3 is 1.00 bits per heavy atom. The molecular weight excluding hydrogens is 573 g/mol. The van der Waals surface area contributed by atoms with E-state index in [2.05, 4.69) is 107 Å². The molecule has 3 rings (SSSR count). The molecule has 0 saturated heterocycles. The zero-order valence-corrected chi connectivity index (χ0v) is 19.0. The Kier molecular flexibility index (Phi) is 15.8. The molecule has 0 spiro atoms. The van der Waals surface area contributed by atoms with Crippen LogP contribution in [0.1, 0.15) is 0 Å². The quantitative estimate of drug-likeness (QED) is 0.256. The predicted molar refractivity (Wildman–Crippen MR) is 109 cm³/mol. The summed E-state index contributed by atoms with van der Waals surface area (Å²) in [5.41, 5.74) is 0. The van der Waals surface area contributed by atoms with Gasteiger partial charge in [-0.3, -0.25) is 0 Å². The van der Waals surface area contributed by atoms with Crippen LogP contribution in [0.2, 0.25) is 0 Å². The molecule has 0 fully saturated rings. The van der Waals surface area contributed by atoms with E-state index < -0.39 is 7.92 Å². The molecule has 3 aromatic carbocycles. The molecule has 0 atom stereocenters. The van der Waals surface area contributed by atoms with Crippen LogP contribution < -0.4 is 15.9 Å². The van der Waals surface area contributed by atoms with Crippen LogP contribution in [-0.2, 0) is 22.4 Å². The van der Waals surface area contributed by atoms with E-state index in [0.29, 0.717) is 0 Å². The summed E-state index contributed by atoms with van der Waals surface area (Å²) in [6.07, 6.45) is 0. The number of hydrogen-bond acceptors (Lipinski definition) is 1. The van der Waals surface area contributed by atoms with Crippen LogP contribution in [0.25, 0.3) is 0 Å². The maximum atomic E-state index is 7.26. The first-order chi connectivity index (χ1) is 10.9. The number of benzene rings is 3. The van der Waals surface area contributed by atoms with Crippen LogP contribution in [0.5, 0.6) is 0 Å². The maximum absolute atomic E-state index is 7.26. The second kappa shape index (κ2) is 15.1. The average molecular weight is 594 g/mol. The van der Waals surface area contributed by atoms with Gasteiger partial charge in [-0.25, -0.2) is 0 Å². The van der Waals surface area contributed by atoms with Gasteiger partial charge in [-0.1, -0.05) is 91.0 Å². The molecule has 0 unspecified atom stereocenters. The molecule has 0 amide bonds. The van der Waals surface area contributed by atoms with Gasteiger partial charge < -0.3 is 14.9 Å². The Labute approximate surface area is 177 Å². The summed E-state index contributed by atoms with van der Waals surface area (Å²) in [6, 6.07) is 32.3. The predicted octanol–water partition coefficient (Wildman–Crippen LogP) is 3.98. The fraction of sp³-hybridized carbons (Fsp3) is 0. The normalized spacial score (nSPS) is 8.32. The first-order valence-electron chi connectivity index (χ1n) is 6.83. The van der Waals surface area contributed by atoms with Gasteiger partial charge in [-0.05, 0) is 23.8 Å². The molecule has 134 valence electrons. The van der Waals surface area contributed by atoms with Gasteiger partial charge in [0.1, 0.15) is 0 Å². The first-order valence-corrected chi connectivity index (χ1v) is 9.03. The summed E-state index contributed by atoms with van der Waals surface area (Å²) in [5.74, 6) is 0. The summed E-state index contributed by atoms with van der Waals surface area (Å²) in [5, 5.41) is 11.5. The minimum Gasteiger partial charge on any atom is -0.358 e. The third-order valence-corrected chi connectivity index (χ3v) is 5.49. The number of rotatable bonds is 3. The van der Waals surface area contributed by atoms with Crippen molar-refractivity contribution in [1.82, 2.24) is 0 Å². The number of nitrogens with zero attached hydrogens (tertiary/aromatic N) is 1. The Hall–Kier alpha value is -1.16. The Morgan fingerprint density at radius 1 is 0.600 bits per heavy atom. The smallest absolute Gasteiger partial charge is 0 e. The Bertz CT molecular complexity index is 621. The van der Waals surface area contributed by atoms with E-state index in [0.717, 1.165) is 0 Å². The maximum Gasteiger partial charge on any atom is 0 e. The SMILES string of the molecule is N#C[Se].[Au].[CH3-].[CH3-].c1ccc(P(c2ccccc2)c2ccccc2)cc1. The van der Waals surface area contributed by atoms with Crippen molar-refractivity contribution in [3.05, 3.63) is 106 Å². The van der Waals surface area contributed by atoms with Crippen molar-refractivity contribution in [1.29, 1.82) is 5.26 Å². The second-order valence-corrected chi connectivity index (χ2v) is 7.04. The molecule has 0 aliphatic heterocycles. The van der Waals surface area contributed by atoms with Crippen LogP contribution in [0.3, 0.4) is 0 Å². The van der Waals surface area contributed by atoms with Crippen molar-refractivity contribution in [3.63, 3.8) is 0 Å². The van der Waals surface area contributed by atoms with Crippen LogP contribution in [0.4, 0.5) is 0 Å². The standard InChI is InChI=1S/C18H15P.CNSe.2CH3.Au/c1-4-10-16(11-5-1)19(17-12-6-2-7-13-17)18-14-8-3-9-15-18;2-1-3;;;/h1-15H;;2*1H3;/q;;2*-1;. The fourth-order valence-corrected chi connectivity index (χ4v) is 4.48. The van der Waals surface area contributed by atoms with E-state index >= 15 is 0 Å². The van der Waals surface area contributed by atoms with Crippen LogP contribution in [0, 0.1) is 25.1 Å². The minimum atomic E-state index is -0.446. The number of nitriles is 1. The summed E-state index contributed by atoms with van der Waals surface area (Å²) >= 11 is 2.11. The first kappa shape index (κ1) is 26.1. The topological polar surface area (TPSA) is 23.8 Å². The van der Waals surface area contributed by atoms with Crippen molar-refractivity contribution in [2.45, 2.75) is 0 Å². The molecule has 0 bridgehead atoms. The van der Waals surface area contributed by atoms with Gasteiger partial charge in [0.25, 0.3) is 0 Å². The van der Waals surface area contributed by atoms with Crippen molar-refractivity contribution in [3.8, 4) is 4.97 Å². The van der Waals surface area contributed by atoms with E-state index in [1.165, 1.54) is 15.9 Å².